The molecule has 3 aromatic carbocycles. The lowest BCUT2D eigenvalue weighted by Crippen LogP contribution is -2.40. The fraction of sp³-hybridized carbons (Fsp3) is 0.182. The molecule has 0 radical (unpaired) electrons. The molecule has 0 spiro atoms. The molecule has 0 fully saturated rings. The van der Waals surface area contributed by atoms with E-state index in [1.807, 2.05) is 66.7 Å². The molecule has 3 heterocycles. The van der Waals surface area contributed by atoms with Crippen molar-refractivity contribution in [3.8, 4) is 22.8 Å². The molecule has 2 aromatic heterocycles. The van der Waals surface area contributed by atoms with E-state index >= 15 is 0 Å². The van der Waals surface area contributed by atoms with Gasteiger partial charge in [0.05, 0.1) is 48.4 Å². The highest BCUT2D eigenvalue weighted by molar-refractivity contribution is 7.07. The van der Waals surface area contributed by atoms with E-state index in [0.29, 0.717) is 37.7 Å². The van der Waals surface area contributed by atoms with E-state index in [4.69, 9.17) is 19.2 Å². The van der Waals surface area contributed by atoms with Crippen molar-refractivity contribution in [2.45, 2.75) is 19.9 Å². The number of esters is 1. The van der Waals surface area contributed by atoms with Crippen molar-refractivity contribution in [3.63, 3.8) is 0 Å². The Labute approximate surface area is 245 Å². The SMILES string of the molecule is CCOC(=O)C1=C(C)N=c2s/c(=C/c3c(-c4ccccc4)[nH]c4ccccc34)c(=O)n2[C@@H]1c1ccc(OC)c(OC)c1. The fourth-order valence-corrected chi connectivity index (χ4v) is 6.44. The van der Waals surface area contributed by atoms with Crippen LogP contribution in [0.2, 0.25) is 0 Å². The van der Waals surface area contributed by atoms with Crippen LogP contribution >= 0.6 is 11.3 Å². The quantitative estimate of drug-likeness (QED) is 0.275. The third-order valence-electron chi connectivity index (χ3n) is 7.32. The standard InChI is InChI=1S/C33H29N3O5S/c1-5-41-32(38)28-19(2)34-33-36(30(28)21-15-16-25(39-3)26(17-21)40-4)31(37)27(42-33)18-23-22-13-9-10-14-24(22)35-29(23)20-11-7-6-8-12-20/h6-18,30,35H,5H2,1-4H3/b27-18+/t30-/m1/s1. The van der Waals surface area contributed by atoms with Gasteiger partial charge in [0.1, 0.15) is 0 Å². The van der Waals surface area contributed by atoms with E-state index in [1.165, 1.54) is 11.3 Å². The first-order chi connectivity index (χ1) is 20.4. The van der Waals surface area contributed by atoms with Gasteiger partial charge in [-0.1, -0.05) is 65.9 Å². The molecule has 1 atom stereocenters. The van der Waals surface area contributed by atoms with Gasteiger partial charge in [-0.15, -0.1) is 0 Å². The Morgan fingerprint density at radius 3 is 2.50 bits per heavy atom. The number of rotatable bonds is 7. The average Bonchev–Trinajstić information content (AvgIpc) is 3.53. The maximum Gasteiger partial charge on any atom is 0.338 e. The van der Waals surface area contributed by atoms with Gasteiger partial charge in [0.25, 0.3) is 5.56 Å². The zero-order valence-electron chi connectivity index (χ0n) is 23.6. The molecule has 42 heavy (non-hydrogen) atoms. The summed E-state index contributed by atoms with van der Waals surface area (Å²) in [4.78, 5) is 36.3. The summed E-state index contributed by atoms with van der Waals surface area (Å²) in [6, 6.07) is 22.7. The Balaban J connectivity index is 1.61. The number of carbonyl (C=O) groups excluding carboxylic acids is 1. The van der Waals surface area contributed by atoms with Gasteiger partial charge < -0.3 is 19.2 Å². The zero-order valence-corrected chi connectivity index (χ0v) is 24.5. The number of aromatic nitrogens is 2. The number of thiazole rings is 1. The summed E-state index contributed by atoms with van der Waals surface area (Å²) < 4.78 is 18.5. The first kappa shape index (κ1) is 27.3. The minimum Gasteiger partial charge on any atom is -0.493 e. The zero-order chi connectivity index (χ0) is 29.4. The van der Waals surface area contributed by atoms with Crippen LogP contribution < -0.4 is 24.4 Å². The number of fused-ring (bicyclic) bond motifs is 2. The third kappa shape index (κ3) is 4.61. The molecule has 1 N–H and O–H groups in total. The number of ether oxygens (including phenoxy) is 3. The van der Waals surface area contributed by atoms with Crippen LogP contribution in [-0.2, 0) is 9.53 Å². The van der Waals surface area contributed by atoms with Crippen LogP contribution in [0.25, 0.3) is 28.2 Å². The number of aromatic amines is 1. The van der Waals surface area contributed by atoms with Crippen molar-refractivity contribution < 1.29 is 19.0 Å². The van der Waals surface area contributed by atoms with Crippen LogP contribution in [0.3, 0.4) is 0 Å². The highest BCUT2D eigenvalue weighted by Crippen LogP contribution is 2.36. The van der Waals surface area contributed by atoms with Crippen LogP contribution in [0, 0.1) is 0 Å². The van der Waals surface area contributed by atoms with Crippen molar-refractivity contribution in [2.24, 2.45) is 4.99 Å². The Morgan fingerprint density at radius 2 is 1.76 bits per heavy atom. The number of allylic oxidation sites excluding steroid dienone is 1. The molecule has 0 bridgehead atoms. The molecule has 0 saturated heterocycles. The molecule has 0 amide bonds. The first-order valence-electron chi connectivity index (χ1n) is 13.5. The molecule has 1 aliphatic heterocycles. The van der Waals surface area contributed by atoms with Gasteiger partial charge in [-0.2, -0.15) is 0 Å². The number of carbonyl (C=O) groups is 1. The summed E-state index contributed by atoms with van der Waals surface area (Å²) in [6.45, 7) is 3.71. The highest BCUT2D eigenvalue weighted by atomic mass is 32.1. The lowest BCUT2D eigenvalue weighted by molar-refractivity contribution is -0.139. The molecule has 0 saturated carbocycles. The Hall–Kier alpha value is -4.89. The van der Waals surface area contributed by atoms with Crippen LogP contribution in [0.1, 0.15) is 31.0 Å². The summed E-state index contributed by atoms with van der Waals surface area (Å²) in [5.74, 6) is 0.511. The lowest BCUT2D eigenvalue weighted by atomic mass is 9.95. The fourth-order valence-electron chi connectivity index (χ4n) is 5.41. The van der Waals surface area contributed by atoms with Crippen molar-refractivity contribution in [2.75, 3.05) is 20.8 Å². The van der Waals surface area contributed by atoms with Crippen molar-refractivity contribution in [1.29, 1.82) is 0 Å². The predicted octanol–water partition coefficient (Wildman–Crippen LogP) is 4.96. The minimum absolute atomic E-state index is 0.196. The second kappa shape index (κ2) is 11.2. The number of hydrogen-bond acceptors (Lipinski definition) is 7. The minimum atomic E-state index is -0.765. The van der Waals surface area contributed by atoms with Crippen molar-refractivity contribution >= 4 is 34.3 Å². The van der Waals surface area contributed by atoms with Crippen LogP contribution in [0.15, 0.2) is 93.9 Å². The summed E-state index contributed by atoms with van der Waals surface area (Å²) >= 11 is 1.29. The molecule has 0 unspecified atom stereocenters. The van der Waals surface area contributed by atoms with Gasteiger partial charge in [0.15, 0.2) is 16.3 Å². The number of H-pyrrole nitrogens is 1. The van der Waals surface area contributed by atoms with Gasteiger partial charge in [0.2, 0.25) is 0 Å². The largest absolute Gasteiger partial charge is 0.493 e. The molecule has 0 aliphatic carbocycles. The van der Waals surface area contributed by atoms with Gasteiger partial charge in [-0.25, -0.2) is 9.79 Å². The molecule has 8 nitrogen and oxygen atoms in total. The normalized spacial score (nSPS) is 15.0. The first-order valence-corrected chi connectivity index (χ1v) is 14.3. The maximum absolute atomic E-state index is 14.3. The number of benzene rings is 3. The number of nitrogens with one attached hydrogen (secondary N) is 1. The Bertz CT molecular complexity index is 2040. The summed E-state index contributed by atoms with van der Waals surface area (Å²) in [7, 11) is 3.11. The number of para-hydroxylation sites is 1. The lowest BCUT2D eigenvalue weighted by Gasteiger charge is -2.25. The highest BCUT2D eigenvalue weighted by Gasteiger charge is 2.34. The van der Waals surface area contributed by atoms with Gasteiger partial charge in [-0.05, 0) is 49.2 Å². The molecular formula is C33H29N3O5S. The second-order valence-electron chi connectivity index (χ2n) is 9.74. The smallest absolute Gasteiger partial charge is 0.338 e. The maximum atomic E-state index is 14.3. The third-order valence-corrected chi connectivity index (χ3v) is 8.31. The summed E-state index contributed by atoms with van der Waals surface area (Å²) in [5, 5.41) is 1.00. The van der Waals surface area contributed by atoms with E-state index in [0.717, 1.165) is 27.7 Å². The van der Waals surface area contributed by atoms with Gasteiger partial charge in [0, 0.05) is 16.5 Å². The van der Waals surface area contributed by atoms with Crippen LogP contribution in [-0.4, -0.2) is 36.3 Å². The average molecular weight is 580 g/mol. The molecular weight excluding hydrogens is 550 g/mol. The van der Waals surface area contributed by atoms with Crippen LogP contribution in [0.4, 0.5) is 0 Å². The van der Waals surface area contributed by atoms with E-state index in [2.05, 4.69) is 4.98 Å². The number of hydrogen-bond donors (Lipinski definition) is 1. The molecule has 1 aliphatic rings. The second-order valence-corrected chi connectivity index (χ2v) is 10.8. The molecule has 212 valence electrons. The monoisotopic (exact) mass is 579 g/mol. The molecule has 6 rings (SSSR count). The topological polar surface area (TPSA) is 94.9 Å². The van der Waals surface area contributed by atoms with Crippen molar-refractivity contribution in [3.05, 3.63) is 115 Å². The van der Waals surface area contributed by atoms with Gasteiger partial charge in [-0.3, -0.25) is 9.36 Å². The van der Waals surface area contributed by atoms with E-state index in [-0.39, 0.29) is 12.2 Å². The number of nitrogens with zero attached hydrogens (tertiary/aromatic N) is 2. The van der Waals surface area contributed by atoms with E-state index in [1.54, 1.807) is 44.8 Å². The number of methoxy groups -OCH3 is 2. The van der Waals surface area contributed by atoms with E-state index < -0.39 is 12.0 Å². The predicted molar refractivity (Wildman–Crippen MR) is 164 cm³/mol. The Morgan fingerprint density at radius 1 is 1.02 bits per heavy atom. The summed E-state index contributed by atoms with van der Waals surface area (Å²) in [6.07, 6.45) is 1.92. The molecule has 5 aromatic rings. The Kier molecular flexibility index (Phi) is 7.26. The van der Waals surface area contributed by atoms with Crippen molar-refractivity contribution in [1.82, 2.24) is 9.55 Å². The van der Waals surface area contributed by atoms with Gasteiger partial charge >= 0.3 is 5.97 Å². The van der Waals surface area contributed by atoms with Crippen LogP contribution in [0.5, 0.6) is 11.5 Å². The van der Waals surface area contributed by atoms with E-state index in [9.17, 15) is 9.59 Å². The molecule has 9 heteroatoms. The summed E-state index contributed by atoms with van der Waals surface area (Å²) in [5.41, 5.74) is 5.04.